The van der Waals surface area contributed by atoms with Gasteiger partial charge < -0.3 is 0 Å². The summed E-state index contributed by atoms with van der Waals surface area (Å²) in [4.78, 5) is 5.81. The lowest BCUT2D eigenvalue weighted by atomic mass is 9.98. The summed E-state index contributed by atoms with van der Waals surface area (Å²) in [5.41, 5.74) is 7.52. The first kappa shape index (κ1) is 11.5. The molecule has 0 fully saturated rings. The van der Waals surface area contributed by atoms with E-state index in [0.29, 0.717) is 0 Å². The van der Waals surface area contributed by atoms with E-state index in [1.165, 1.54) is 27.9 Å². The molecule has 0 aliphatic heterocycles. The molecule has 2 aromatic heterocycles. The summed E-state index contributed by atoms with van der Waals surface area (Å²) in [7, 11) is 0. The second kappa shape index (κ2) is 3.95. The maximum Gasteiger partial charge on any atom is 0.194 e. The molecule has 18 heavy (non-hydrogen) atoms. The molecule has 0 saturated heterocycles. The number of rotatable bonds is 1. The normalized spacial score (nSPS) is 11.3. The number of imidazole rings is 1. The van der Waals surface area contributed by atoms with Crippen LogP contribution in [0.1, 0.15) is 22.4 Å². The number of benzene rings is 1. The highest BCUT2D eigenvalue weighted by Crippen LogP contribution is 2.29. The van der Waals surface area contributed by atoms with Gasteiger partial charge in [0.25, 0.3) is 0 Å². The SMILES string of the molecule is Cc1cc(C)c(-c2cn3c(C)csc3n2)c(C)c1. The van der Waals surface area contributed by atoms with Crippen molar-refractivity contribution in [3.8, 4) is 11.3 Å². The number of aromatic nitrogens is 2. The highest BCUT2D eigenvalue weighted by Gasteiger charge is 2.12. The highest BCUT2D eigenvalue weighted by molar-refractivity contribution is 7.15. The Bertz CT molecular complexity index is 711. The van der Waals surface area contributed by atoms with Crippen LogP contribution < -0.4 is 0 Å². The molecular weight excluding hydrogens is 240 g/mol. The number of fused-ring (bicyclic) bond motifs is 1. The van der Waals surface area contributed by atoms with Crippen LogP contribution in [0, 0.1) is 27.7 Å². The van der Waals surface area contributed by atoms with E-state index in [1.807, 2.05) is 0 Å². The average Bonchev–Trinajstić information content (AvgIpc) is 2.80. The monoisotopic (exact) mass is 256 g/mol. The molecule has 2 nitrogen and oxygen atoms in total. The summed E-state index contributed by atoms with van der Waals surface area (Å²) >= 11 is 1.70. The van der Waals surface area contributed by atoms with Crippen LogP contribution in [0.2, 0.25) is 0 Å². The van der Waals surface area contributed by atoms with E-state index in [9.17, 15) is 0 Å². The molecule has 0 atom stereocenters. The average molecular weight is 256 g/mol. The number of hydrogen-bond acceptors (Lipinski definition) is 2. The zero-order chi connectivity index (χ0) is 12.9. The van der Waals surface area contributed by atoms with Crippen molar-refractivity contribution in [3.05, 3.63) is 46.1 Å². The molecule has 3 rings (SSSR count). The molecule has 0 N–H and O–H groups in total. The fourth-order valence-corrected chi connectivity index (χ4v) is 3.45. The lowest BCUT2D eigenvalue weighted by Gasteiger charge is -2.08. The van der Waals surface area contributed by atoms with Gasteiger partial charge in [0.05, 0.1) is 5.69 Å². The van der Waals surface area contributed by atoms with E-state index >= 15 is 0 Å². The van der Waals surface area contributed by atoms with Gasteiger partial charge in [-0.3, -0.25) is 4.40 Å². The molecule has 0 amide bonds. The Balaban J connectivity index is 2.25. The van der Waals surface area contributed by atoms with Crippen molar-refractivity contribution < 1.29 is 0 Å². The zero-order valence-electron chi connectivity index (χ0n) is 11.1. The Labute approximate surface area is 111 Å². The van der Waals surface area contributed by atoms with E-state index in [1.54, 1.807) is 11.3 Å². The molecule has 1 aromatic carbocycles. The Hall–Kier alpha value is -1.61. The van der Waals surface area contributed by atoms with Crippen molar-refractivity contribution in [2.24, 2.45) is 0 Å². The van der Waals surface area contributed by atoms with Gasteiger partial charge in [-0.2, -0.15) is 0 Å². The van der Waals surface area contributed by atoms with Crippen molar-refractivity contribution in [1.29, 1.82) is 0 Å². The Morgan fingerprint density at radius 1 is 1.06 bits per heavy atom. The second-order valence-corrected chi connectivity index (χ2v) is 5.77. The van der Waals surface area contributed by atoms with Crippen LogP contribution in [-0.2, 0) is 0 Å². The van der Waals surface area contributed by atoms with E-state index in [2.05, 4.69) is 55.8 Å². The Kier molecular flexibility index (Phi) is 2.52. The van der Waals surface area contributed by atoms with Crippen LogP contribution in [0.4, 0.5) is 0 Å². The molecular formula is C15H16N2S. The third-order valence-electron chi connectivity index (χ3n) is 3.32. The molecule has 0 unspecified atom stereocenters. The van der Waals surface area contributed by atoms with Gasteiger partial charge in [-0.1, -0.05) is 17.7 Å². The second-order valence-electron chi connectivity index (χ2n) is 4.93. The summed E-state index contributed by atoms with van der Waals surface area (Å²) in [6.45, 7) is 8.58. The minimum atomic E-state index is 1.07. The van der Waals surface area contributed by atoms with Gasteiger partial charge in [0.1, 0.15) is 0 Å². The molecule has 0 spiro atoms. The third kappa shape index (κ3) is 1.66. The molecule has 3 heteroatoms. The first-order valence-electron chi connectivity index (χ1n) is 6.07. The third-order valence-corrected chi connectivity index (χ3v) is 4.28. The summed E-state index contributed by atoms with van der Waals surface area (Å²) in [6.07, 6.45) is 2.14. The maximum atomic E-state index is 4.74. The number of hydrogen-bond donors (Lipinski definition) is 0. The van der Waals surface area contributed by atoms with Crippen LogP contribution >= 0.6 is 11.3 Å². The summed E-state index contributed by atoms with van der Waals surface area (Å²) in [6, 6.07) is 4.45. The van der Waals surface area contributed by atoms with Gasteiger partial charge >= 0.3 is 0 Å². The highest BCUT2D eigenvalue weighted by atomic mass is 32.1. The van der Waals surface area contributed by atoms with E-state index in [4.69, 9.17) is 4.98 Å². The van der Waals surface area contributed by atoms with Crippen molar-refractivity contribution in [1.82, 2.24) is 9.38 Å². The van der Waals surface area contributed by atoms with E-state index in [0.717, 1.165) is 10.7 Å². The molecule has 3 aromatic rings. The molecule has 0 saturated carbocycles. The molecule has 0 bridgehead atoms. The van der Waals surface area contributed by atoms with Gasteiger partial charge in [0.2, 0.25) is 0 Å². The van der Waals surface area contributed by atoms with E-state index in [-0.39, 0.29) is 0 Å². The number of aryl methyl sites for hydroxylation is 4. The number of nitrogens with zero attached hydrogens (tertiary/aromatic N) is 2. The van der Waals surface area contributed by atoms with Gasteiger partial charge in [-0.25, -0.2) is 4.98 Å². The van der Waals surface area contributed by atoms with Crippen molar-refractivity contribution >= 4 is 16.3 Å². The lowest BCUT2D eigenvalue weighted by molar-refractivity contribution is 1.13. The Morgan fingerprint density at radius 2 is 1.72 bits per heavy atom. The summed E-state index contributed by atoms with van der Waals surface area (Å²) in [5.74, 6) is 0. The maximum absolute atomic E-state index is 4.74. The predicted octanol–water partition coefficient (Wildman–Crippen LogP) is 4.30. The van der Waals surface area contributed by atoms with E-state index < -0.39 is 0 Å². The molecule has 0 aliphatic carbocycles. The minimum Gasteiger partial charge on any atom is -0.294 e. The molecule has 0 aliphatic rings. The largest absolute Gasteiger partial charge is 0.294 e. The lowest BCUT2D eigenvalue weighted by Crippen LogP contribution is -1.90. The fourth-order valence-electron chi connectivity index (χ4n) is 2.60. The Morgan fingerprint density at radius 3 is 2.33 bits per heavy atom. The van der Waals surface area contributed by atoms with Crippen molar-refractivity contribution in [3.63, 3.8) is 0 Å². The standard InChI is InChI=1S/C15H16N2S/c1-9-5-10(2)14(11(3)6-9)13-7-17-12(4)8-18-15(17)16-13/h5-8H,1-4H3. The molecule has 0 radical (unpaired) electrons. The zero-order valence-corrected chi connectivity index (χ0v) is 11.9. The van der Waals surface area contributed by atoms with Crippen LogP contribution in [0.3, 0.4) is 0 Å². The first-order valence-corrected chi connectivity index (χ1v) is 6.95. The topological polar surface area (TPSA) is 17.3 Å². The number of thiazole rings is 1. The molecule has 2 heterocycles. The van der Waals surface area contributed by atoms with Gasteiger partial charge in [-0.05, 0) is 38.8 Å². The predicted molar refractivity (Wildman–Crippen MR) is 77.5 cm³/mol. The smallest absolute Gasteiger partial charge is 0.194 e. The van der Waals surface area contributed by atoms with Crippen LogP contribution in [-0.4, -0.2) is 9.38 Å². The van der Waals surface area contributed by atoms with Crippen molar-refractivity contribution in [2.45, 2.75) is 27.7 Å². The fraction of sp³-hybridized carbons (Fsp3) is 0.267. The van der Waals surface area contributed by atoms with Crippen LogP contribution in [0.25, 0.3) is 16.2 Å². The van der Waals surface area contributed by atoms with Gasteiger partial charge in [0.15, 0.2) is 4.96 Å². The quantitative estimate of drug-likeness (QED) is 0.634. The summed E-state index contributed by atoms with van der Waals surface area (Å²) in [5, 5.41) is 2.14. The first-order chi connectivity index (χ1) is 8.56. The van der Waals surface area contributed by atoms with Gasteiger partial charge in [-0.15, -0.1) is 11.3 Å². The van der Waals surface area contributed by atoms with Crippen LogP contribution in [0.5, 0.6) is 0 Å². The van der Waals surface area contributed by atoms with Crippen LogP contribution in [0.15, 0.2) is 23.7 Å². The molecule has 92 valence electrons. The van der Waals surface area contributed by atoms with Crippen molar-refractivity contribution in [2.75, 3.05) is 0 Å². The minimum absolute atomic E-state index is 1.07. The van der Waals surface area contributed by atoms with Gasteiger partial charge in [0, 0.05) is 22.8 Å². The summed E-state index contributed by atoms with van der Waals surface area (Å²) < 4.78 is 2.17.